The number of nitriles is 1. The third-order valence-corrected chi connectivity index (χ3v) is 2.87. The number of rotatable bonds is 9. The van der Waals surface area contributed by atoms with Gasteiger partial charge in [-0.3, -0.25) is 10.1 Å². The number of carbonyl (C=O) groups is 2. The molecule has 0 bridgehead atoms. The summed E-state index contributed by atoms with van der Waals surface area (Å²) in [6.07, 6.45) is 7.03. The molecule has 6 heteroatoms. The SMILES string of the molecule is CCCCCCCCN/C(C)=C(/C#N)C(=O)NC(N)=O. The Hall–Kier alpha value is -2.03. The summed E-state index contributed by atoms with van der Waals surface area (Å²) in [7, 11) is 0. The lowest BCUT2D eigenvalue weighted by Gasteiger charge is -2.08. The zero-order chi connectivity index (χ0) is 15.4. The van der Waals surface area contributed by atoms with Crippen molar-refractivity contribution in [2.24, 2.45) is 5.73 Å². The highest BCUT2D eigenvalue weighted by Crippen LogP contribution is 2.05. The first kappa shape index (κ1) is 18.0. The summed E-state index contributed by atoms with van der Waals surface area (Å²) < 4.78 is 0. The molecule has 0 spiro atoms. The number of hydrogen-bond acceptors (Lipinski definition) is 4. The second kappa shape index (κ2) is 10.9. The van der Waals surface area contributed by atoms with Gasteiger partial charge in [0.15, 0.2) is 0 Å². The predicted octanol–water partition coefficient (Wildman–Crippen LogP) is 1.93. The zero-order valence-electron chi connectivity index (χ0n) is 12.3. The molecule has 0 unspecified atom stereocenters. The summed E-state index contributed by atoms with van der Waals surface area (Å²) in [4.78, 5) is 22.1. The van der Waals surface area contributed by atoms with Gasteiger partial charge in [0, 0.05) is 12.2 Å². The molecule has 112 valence electrons. The van der Waals surface area contributed by atoms with Crippen molar-refractivity contribution >= 4 is 11.9 Å². The van der Waals surface area contributed by atoms with Crippen LogP contribution >= 0.6 is 0 Å². The van der Waals surface area contributed by atoms with Crippen molar-refractivity contribution < 1.29 is 9.59 Å². The molecule has 0 aromatic rings. The van der Waals surface area contributed by atoms with Gasteiger partial charge < -0.3 is 11.1 Å². The van der Waals surface area contributed by atoms with E-state index in [2.05, 4.69) is 12.2 Å². The van der Waals surface area contributed by atoms with Gasteiger partial charge in [-0.15, -0.1) is 0 Å². The fourth-order valence-corrected chi connectivity index (χ4v) is 1.75. The number of amides is 3. The first-order valence-corrected chi connectivity index (χ1v) is 6.98. The van der Waals surface area contributed by atoms with Crippen LogP contribution in [0.3, 0.4) is 0 Å². The third kappa shape index (κ3) is 8.14. The van der Waals surface area contributed by atoms with Crippen molar-refractivity contribution in [1.82, 2.24) is 10.6 Å². The van der Waals surface area contributed by atoms with E-state index >= 15 is 0 Å². The van der Waals surface area contributed by atoms with Crippen LogP contribution in [0.15, 0.2) is 11.3 Å². The number of unbranched alkanes of at least 4 members (excludes halogenated alkanes) is 5. The monoisotopic (exact) mass is 280 g/mol. The lowest BCUT2D eigenvalue weighted by atomic mass is 10.1. The highest BCUT2D eigenvalue weighted by molar-refractivity contribution is 6.06. The molecule has 3 amide bonds. The van der Waals surface area contributed by atoms with Crippen LogP contribution in [-0.2, 0) is 4.79 Å². The molecule has 0 atom stereocenters. The van der Waals surface area contributed by atoms with Gasteiger partial charge in [-0.2, -0.15) is 5.26 Å². The van der Waals surface area contributed by atoms with Crippen LogP contribution in [0.5, 0.6) is 0 Å². The van der Waals surface area contributed by atoms with E-state index < -0.39 is 11.9 Å². The summed E-state index contributed by atoms with van der Waals surface area (Å²) in [6, 6.07) is 0.807. The van der Waals surface area contributed by atoms with Gasteiger partial charge in [-0.25, -0.2) is 4.79 Å². The minimum Gasteiger partial charge on any atom is -0.387 e. The van der Waals surface area contributed by atoms with E-state index in [1.807, 2.05) is 5.32 Å². The average Bonchev–Trinajstić information content (AvgIpc) is 2.37. The van der Waals surface area contributed by atoms with Crippen molar-refractivity contribution in [2.45, 2.75) is 52.4 Å². The molecule has 0 aromatic heterocycles. The molecular weight excluding hydrogens is 256 g/mol. The normalized spacial score (nSPS) is 11.2. The second-order valence-electron chi connectivity index (χ2n) is 4.62. The molecule has 6 nitrogen and oxygen atoms in total. The van der Waals surface area contributed by atoms with Gasteiger partial charge in [0.25, 0.3) is 5.91 Å². The van der Waals surface area contributed by atoms with Crippen LogP contribution in [0.1, 0.15) is 52.4 Å². The Morgan fingerprint density at radius 2 is 1.75 bits per heavy atom. The van der Waals surface area contributed by atoms with Crippen molar-refractivity contribution in [3.05, 3.63) is 11.3 Å². The molecule has 0 aliphatic carbocycles. The van der Waals surface area contributed by atoms with Crippen molar-refractivity contribution in [2.75, 3.05) is 6.54 Å². The number of hydrogen-bond donors (Lipinski definition) is 3. The molecule has 4 N–H and O–H groups in total. The van der Waals surface area contributed by atoms with Crippen molar-refractivity contribution in [3.63, 3.8) is 0 Å². The molecule has 0 aliphatic heterocycles. The molecule has 0 aromatic carbocycles. The second-order valence-corrected chi connectivity index (χ2v) is 4.62. The van der Waals surface area contributed by atoms with Crippen LogP contribution in [-0.4, -0.2) is 18.5 Å². The van der Waals surface area contributed by atoms with Crippen LogP contribution in [0.25, 0.3) is 0 Å². The number of imide groups is 1. The third-order valence-electron chi connectivity index (χ3n) is 2.87. The van der Waals surface area contributed by atoms with Crippen molar-refractivity contribution in [1.29, 1.82) is 5.26 Å². The van der Waals surface area contributed by atoms with Crippen LogP contribution < -0.4 is 16.4 Å². The molecular formula is C14H24N4O2. The van der Waals surface area contributed by atoms with Crippen molar-refractivity contribution in [3.8, 4) is 6.07 Å². The standard InChI is InChI=1S/C14H24N4O2/c1-3-4-5-6-7-8-9-17-11(2)12(10-15)13(19)18-14(16)20/h17H,3-9H2,1-2H3,(H3,16,18,19,20)/b12-11-. The maximum Gasteiger partial charge on any atom is 0.319 e. The van der Waals surface area contributed by atoms with Crippen LogP contribution in [0.4, 0.5) is 4.79 Å². The Morgan fingerprint density at radius 1 is 1.15 bits per heavy atom. The van der Waals surface area contributed by atoms with Gasteiger partial charge in [0.1, 0.15) is 11.6 Å². The fraction of sp³-hybridized carbons (Fsp3) is 0.643. The van der Waals surface area contributed by atoms with Gasteiger partial charge in [0.2, 0.25) is 0 Å². The molecule has 0 heterocycles. The average molecular weight is 280 g/mol. The zero-order valence-corrected chi connectivity index (χ0v) is 12.3. The van der Waals surface area contributed by atoms with Gasteiger partial charge in [0.05, 0.1) is 0 Å². The van der Waals surface area contributed by atoms with Gasteiger partial charge in [-0.1, -0.05) is 39.0 Å². The summed E-state index contributed by atoms with van der Waals surface area (Å²) in [5, 5.41) is 13.8. The number of urea groups is 1. The quantitative estimate of drug-likeness (QED) is 0.340. The minimum atomic E-state index is -0.966. The highest BCUT2D eigenvalue weighted by atomic mass is 16.2. The molecule has 0 rings (SSSR count). The van der Waals surface area contributed by atoms with Crippen LogP contribution in [0, 0.1) is 11.3 Å². The number of nitrogens with one attached hydrogen (secondary N) is 2. The Balaban J connectivity index is 4.10. The molecule has 0 aliphatic rings. The predicted molar refractivity (Wildman–Crippen MR) is 77.4 cm³/mol. The first-order valence-electron chi connectivity index (χ1n) is 6.98. The lowest BCUT2D eigenvalue weighted by Crippen LogP contribution is -2.36. The number of nitrogens with two attached hydrogens (primary N) is 1. The Labute approximate surface area is 120 Å². The summed E-state index contributed by atoms with van der Waals surface area (Å²) in [5.41, 5.74) is 5.18. The van der Waals surface area contributed by atoms with E-state index in [4.69, 9.17) is 11.0 Å². The lowest BCUT2D eigenvalue weighted by molar-refractivity contribution is -0.116. The first-order chi connectivity index (χ1) is 9.52. The van der Waals surface area contributed by atoms with E-state index in [1.54, 1.807) is 13.0 Å². The Bertz CT molecular complexity index is 396. The fourth-order valence-electron chi connectivity index (χ4n) is 1.75. The molecule has 0 saturated heterocycles. The summed E-state index contributed by atoms with van der Waals surface area (Å²) in [5.74, 6) is -0.770. The van der Waals surface area contributed by atoms with E-state index in [1.165, 1.54) is 25.7 Å². The maximum absolute atomic E-state index is 11.5. The number of primary amides is 1. The largest absolute Gasteiger partial charge is 0.387 e. The maximum atomic E-state index is 11.5. The van der Waals surface area contributed by atoms with E-state index in [0.29, 0.717) is 12.2 Å². The smallest absolute Gasteiger partial charge is 0.319 e. The Morgan fingerprint density at radius 3 is 2.30 bits per heavy atom. The molecule has 0 fully saturated rings. The number of allylic oxidation sites excluding steroid dienone is 1. The molecule has 0 saturated carbocycles. The molecule has 0 radical (unpaired) electrons. The topological polar surface area (TPSA) is 108 Å². The van der Waals surface area contributed by atoms with E-state index in [9.17, 15) is 9.59 Å². The van der Waals surface area contributed by atoms with Gasteiger partial charge in [-0.05, 0) is 13.3 Å². The number of nitrogens with zero attached hydrogens (tertiary/aromatic N) is 1. The van der Waals surface area contributed by atoms with Crippen LogP contribution in [0.2, 0.25) is 0 Å². The molecule has 20 heavy (non-hydrogen) atoms. The summed E-state index contributed by atoms with van der Waals surface area (Å²) >= 11 is 0. The minimum absolute atomic E-state index is 0.116. The highest BCUT2D eigenvalue weighted by Gasteiger charge is 2.13. The number of carbonyl (C=O) groups excluding carboxylic acids is 2. The Kier molecular flexibility index (Phi) is 9.75. The van der Waals surface area contributed by atoms with E-state index in [-0.39, 0.29) is 5.57 Å². The van der Waals surface area contributed by atoms with E-state index in [0.717, 1.165) is 12.8 Å². The summed E-state index contributed by atoms with van der Waals surface area (Å²) in [6.45, 7) is 4.51. The van der Waals surface area contributed by atoms with Gasteiger partial charge >= 0.3 is 6.03 Å².